The van der Waals surface area contributed by atoms with Crippen LogP contribution in [0, 0.1) is 5.41 Å². The summed E-state index contributed by atoms with van der Waals surface area (Å²) in [5.41, 5.74) is 8.68. The van der Waals surface area contributed by atoms with Gasteiger partial charge in [-0.2, -0.15) is 0 Å². The van der Waals surface area contributed by atoms with E-state index in [4.69, 9.17) is 11.1 Å². The molecule has 0 atom stereocenters. The molecule has 0 amide bonds. The minimum Gasteiger partial charge on any atom is -0.384 e. The Morgan fingerprint density at radius 1 is 1.16 bits per heavy atom. The van der Waals surface area contributed by atoms with Gasteiger partial charge >= 0.3 is 0 Å². The van der Waals surface area contributed by atoms with Crippen LogP contribution in [0.15, 0.2) is 46.9 Å². The zero-order chi connectivity index (χ0) is 13.4. The number of nitrogens with one attached hydrogen (secondary N) is 1. The molecule has 94 valence electrons. The number of amidine groups is 1. The van der Waals surface area contributed by atoms with Gasteiger partial charge in [-0.05, 0) is 40.2 Å². The van der Waals surface area contributed by atoms with E-state index >= 15 is 0 Å². The molecule has 0 bridgehead atoms. The fourth-order valence-electron chi connectivity index (χ4n) is 2.00. The summed E-state index contributed by atoms with van der Waals surface area (Å²) in [6.45, 7) is 0. The van der Waals surface area contributed by atoms with Crippen LogP contribution in [-0.4, -0.2) is 20.8 Å². The zero-order valence-corrected chi connectivity index (χ0v) is 11.4. The third kappa shape index (κ3) is 1.90. The first-order chi connectivity index (χ1) is 9.18. The SMILES string of the molecule is N=C(N)c1c(Br)cccc1-n1nnc2ccccc21. The molecule has 3 rings (SSSR count). The molecule has 3 N–H and O–H groups in total. The molecule has 5 nitrogen and oxygen atoms in total. The fourth-order valence-corrected chi connectivity index (χ4v) is 2.57. The highest BCUT2D eigenvalue weighted by Gasteiger charge is 2.14. The van der Waals surface area contributed by atoms with Gasteiger partial charge in [-0.25, -0.2) is 4.68 Å². The minimum absolute atomic E-state index is 0.0120. The van der Waals surface area contributed by atoms with Gasteiger partial charge in [-0.1, -0.05) is 23.4 Å². The molecular formula is C13H10BrN5. The Morgan fingerprint density at radius 3 is 2.74 bits per heavy atom. The van der Waals surface area contributed by atoms with Crippen molar-refractivity contribution < 1.29 is 0 Å². The molecule has 0 aliphatic rings. The first-order valence-corrected chi connectivity index (χ1v) is 6.41. The summed E-state index contributed by atoms with van der Waals surface area (Å²) in [6, 6.07) is 13.2. The molecule has 1 heterocycles. The number of fused-ring (bicyclic) bond motifs is 1. The molecule has 3 aromatic rings. The van der Waals surface area contributed by atoms with Gasteiger partial charge in [-0.3, -0.25) is 5.41 Å². The van der Waals surface area contributed by atoms with Crippen LogP contribution in [0.4, 0.5) is 0 Å². The largest absolute Gasteiger partial charge is 0.384 e. The maximum absolute atomic E-state index is 7.71. The van der Waals surface area contributed by atoms with E-state index in [0.29, 0.717) is 5.56 Å². The minimum atomic E-state index is -0.0120. The number of aromatic nitrogens is 3. The van der Waals surface area contributed by atoms with E-state index in [0.717, 1.165) is 21.2 Å². The van der Waals surface area contributed by atoms with E-state index in [2.05, 4.69) is 26.2 Å². The predicted molar refractivity (Wildman–Crippen MR) is 77.6 cm³/mol. The quantitative estimate of drug-likeness (QED) is 0.563. The monoisotopic (exact) mass is 315 g/mol. The van der Waals surface area contributed by atoms with Crippen molar-refractivity contribution in [3.63, 3.8) is 0 Å². The lowest BCUT2D eigenvalue weighted by Gasteiger charge is -2.10. The van der Waals surface area contributed by atoms with Gasteiger partial charge in [0.1, 0.15) is 11.4 Å². The number of halogens is 1. The van der Waals surface area contributed by atoms with Gasteiger partial charge < -0.3 is 5.73 Å². The van der Waals surface area contributed by atoms with Crippen molar-refractivity contribution in [2.24, 2.45) is 5.73 Å². The molecule has 0 aliphatic carbocycles. The molecule has 6 heteroatoms. The van der Waals surface area contributed by atoms with Crippen LogP contribution in [0.5, 0.6) is 0 Å². The van der Waals surface area contributed by atoms with E-state index in [-0.39, 0.29) is 5.84 Å². The second kappa shape index (κ2) is 4.47. The highest BCUT2D eigenvalue weighted by atomic mass is 79.9. The van der Waals surface area contributed by atoms with Gasteiger partial charge in [-0.15, -0.1) is 5.10 Å². The summed E-state index contributed by atoms with van der Waals surface area (Å²) in [6.07, 6.45) is 0. The van der Waals surface area contributed by atoms with E-state index in [1.807, 2.05) is 42.5 Å². The van der Waals surface area contributed by atoms with E-state index in [9.17, 15) is 0 Å². The summed E-state index contributed by atoms with van der Waals surface area (Å²) >= 11 is 3.41. The molecule has 0 unspecified atom stereocenters. The molecule has 0 aliphatic heterocycles. The number of para-hydroxylation sites is 1. The fraction of sp³-hybridized carbons (Fsp3) is 0. The number of rotatable bonds is 2. The Bertz CT molecular complexity index is 778. The van der Waals surface area contributed by atoms with Crippen LogP contribution in [0.3, 0.4) is 0 Å². The van der Waals surface area contributed by atoms with E-state index < -0.39 is 0 Å². The standard InChI is InChI=1S/C13H10BrN5/c14-8-4-3-7-11(12(8)13(15)16)19-10-6-2-1-5-9(10)17-18-19/h1-7H,(H3,15,16). The number of nitrogens with two attached hydrogens (primary N) is 1. The lowest BCUT2D eigenvalue weighted by atomic mass is 10.1. The summed E-state index contributed by atoms with van der Waals surface area (Å²) < 4.78 is 2.45. The number of benzene rings is 2. The highest BCUT2D eigenvalue weighted by Crippen LogP contribution is 2.25. The molecule has 0 saturated carbocycles. The summed E-state index contributed by atoms with van der Waals surface area (Å²) in [7, 11) is 0. The van der Waals surface area contributed by atoms with Crippen LogP contribution >= 0.6 is 15.9 Å². The van der Waals surface area contributed by atoms with Crippen LogP contribution in [0.1, 0.15) is 5.56 Å². The summed E-state index contributed by atoms with van der Waals surface area (Å²) in [5, 5.41) is 16.0. The first kappa shape index (κ1) is 11.9. The number of nitrogens with zero attached hydrogens (tertiary/aromatic N) is 3. The Kier molecular flexibility index (Phi) is 2.79. The third-order valence-electron chi connectivity index (χ3n) is 2.84. The van der Waals surface area contributed by atoms with E-state index in [1.165, 1.54) is 0 Å². The maximum atomic E-state index is 7.71. The predicted octanol–water partition coefficient (Wildman–Crippen LogP) is 2.47. The number of hydrogen-bond acceptors (Lipinski definition) is 3. The molecule has 0 fully saturated rings. The molecule has 0 spiro atoms. The topological polar surface area (TPSA) is 80.6 Å². The van der Waals surface area contributed by atoms with Crippen LogP contribution in [0.25, 0.3) is 16.7 Å². The molecule has 19 heavy (non-hydrogen) atoms. The molecular weight excluding hydrogens is 306 g/mol. The molecule has 2 aromatic carbocycles. The van der Waals surface area contributed by atoms with E-state index in [1.54, 1.807) is 4.68 Å². The average molecular weight is 316 g/mol. The Balaban J connectivity index is 2.33. The Hall–Kier alpha value is -2.21. The van der Waals surface area contributed by atoms with Crippen LogP contribution in [-0.2, 0) is 0 Å². The summed E-state index contributed by atoms with van der Waals surface area (Å²) in [4.78, 5) is 0. The zero-order valence-electron chi connectivity index (χ0n) is 9.84. The van der Waals surface area contributed by atoms with Crippen molar-refractivity contribution in [2.75, 3.05) is 0 Å². The maximum Gasteiger partial charge on any atom is 0.126 e. The molecule has 0 saturated heterocycles. The average Bonchev–Trinajstić information content (AvgIpc) is 2.81. The molecule has 0 radical (unpaired) electrons. The van der Waals surface area contributed by atoms with Crippen LogP contribution < -0.4 is 5.73 Å². The third-order valence-corrected chi connectivity index (χ3v) is 3.50. The van der Waals surface area contributed by atoms with Crippen LogP contribution in [0.2, 0.25) is 0 Å². The van der Waals surface area contributed by atoms with Gasteiger partial charge in [0, 0.05) is 4.47 Å². The first-order valence-electron chi connectivity index (χ1n) is 5.62. The van der Waals surface area contributed by atoms with Gasteiger partial charge in [0.2, 0.25) is 0 Å². The van der Waals surface area contributed by atoms with Crippen molar-refractivity contribution in [3.8, 4) is 5.69 Å². The van der Waals surface area contributed by atoms with Crippen molar-refractivity contribution >= 4 is 32.8 Å². The summed E-state index contributed by atoms with van der Waals surface area (Å²) in [5.74, 6) is -0.0120. The Morgan fingerprint density at radius 2 is 1.95 bits per heavy atom. The number of hydrogen-bond donors (Lipinski definition) is 2. The van der Waals surface area contributed by atoms with Gasteiger partial charge in [0.15, 0.2) is 0 Å². The van der Waals surface area contributed by atoms with Crippen molar-refractivity contribution in [1.29, 1.82) is 5.41 Å². The highest BCUT2D eigenvalue weighted by molar-refractivity contribution is 9.10. The number of nitrogen functional groups attached to an aromatic ring is 1. The molecule has 1 aromatic heterocycles. The normalized spacial score (nSPS) is 10.8. The van der Waals surface area contributed by atoms with Crippen molar-refractivity contribution in [1.82, 2.24) is 15.0 Å². The second-order valence-electron chi connectivity index (χ2n) is 4.04. The van der Waals surface area contributed by atoms with Crippen molar-refractivity contribution in [3.05, 3.63) is 52.5 Å². The van der Waals surface area contributed by atoms with Crippen molar-refractivity contribution in [2.45, 2.75) is 0 Å². The van der Waals surface area contributed by atoms with Gasteiger partial charge in [0.25, 0.3) is 0 Å². The second-order valence-corrected chi connectivity index (χ2v) is 4.89. The van der Waals surface area contributed by atoms with Gasteiger partial charge in [0.05, 0.1) is 16.8 Å². The lowest BCUT2D eigenvalue weighted by molar-refractivity contribution is 0.822. The smallest absolute Gasteiger partial charge is 0.126 e. The lowest BCUT2D eigenvalue weighted by Crippen LogP contribution is -2.16. The Labute approximate surface area is 117 Å².